The third-order valence-electron chi connectivity index (χ3n) is 2.92. The molecule has 5 nitrogen and oxygen atoms in total. The minimum atomic E-state index is -0.885. The van der Waals surface area contributed by atoms with Crippen molar-refractivity contribution in [2.45, 2.75) is 19.4 Å². The molecule has 0 spiro atoms. The summed E-state index contributed by atoms with van der Waals surface area (Å²) >= 11 is 0. The summed E-state index contributed by atoms with van der Waals surface area (Å²) in [6.07, 6.45) is 1.59. The third kappa shape index (κ3) is 4.76. The Morgan fingerprint density at radius 3 is 2.60 bits per heavy atom. The molecule has 5 heteroatoms. The van der Waals surface area contributed by atoms with Crippen LogP contribution < -0.4 is 10.2 Å². The van der Waals surface area contributed by atoms with Crippen LogP contribution in [0.5, 0.6) is 0 Å². The monoisotopic (exact) mass is 276 g/mol. The van der Waals surface area contributed by atoms with Crippen molar-refractivity contribution in [1.82, 2.24) is 5.32 Å². The largest absolute Gasteiger partial charge is 0.481 e. The molecule has 1 amide bonds. The normalized spacial score (nSPS) is 11.4. The summed E-state index contributed by atoms with van der Waals surface area (Å²) in [6.45, 7) is 5.98. The quantitative estimate of drug-likeness (QED) is 0.708. The van der Waals surface area contributed by atoms with Crippen LogP contribution in [-0.2, 0) is 9.59 Å². The highest BCUT2D eigenvalue weighted by Crippen LogP contribution is 2.17. The molecule has 0 fully saturated rings. The Kier molecular flexibility index (Phi) is 6.29. The first kappa shape index (κ1) is 15.8. The van der Waals surface area contributed by atoms with Crippen LogP contribution in [0.25, 0.3) is 0 Å². The highest BCUT2D eigenvalue weighted by atomic mass is 16.4. The molecular formula is C15H20N2O3. The Morgan fingerprint density at radius 1 is 1.40 bits per heavy atom. The second-order valence-electron chi connectivity index (χ2n) is 4.38. The van der Waals surface area contributed by atoms with Gasteiger partial charge >= 0.3 is 5.97 Å². The molecule has 1 unspecified atom stereocenters. The van der Waals surface area contributed by atoms with Crippen molar-refractivity contribution >= 4 is 17.6 Å². The first-order valence-corrected chi connectivity index (χ1v) is 6.48. The number of aliphatic carboxylic acids is 1. The van der Waals surface area contributed by atoms with E-state index in [1.807, 2.05) is 30.3 Å². The van der Waals surface area contributed by atoms with E-state index in [0.717, 1.165) is 5.69 Å². The second kappa shape index (κ2) is 7.99. The third-order valence-corrected chi connectivity index (χ3v) is 2.92. The van der Waals surface area contributed by atoms with Crippen LogP contribution in [0.2, 0.25) is 0 Å². The molecule has 0 saturated heterocycles. The van der Waals surface area contributed by atoms with E-state index < -0.39 is 12.0 Å². The number of carbonyl (C=O) groups excluding carboxylic acids is 1. The molecule has 0 aliphatic rings. The fraction of sp³-hybridized carbons (Fsp3) is 0.333. The maximum Gasteiger partial charge on any atom is 0.305 e. The number of hydrogen-bond acceptors (Lipinski definition) is 3. The van der Waals surface area contributed by atoms with Crippen LogP contribution in [0, 0.1) is 0 Å². The predicted molar refractivity (Wildman–Crippen MR) is 78.7 cm³/mol. The number of carboxylic acid groups (broad SMARTS) is 1. The average Bonchev–Trinajstić information content (AvgIpc) is 2.45. The zero-order valence-electron chi connectivity index (χ0n) is 11.6. The van der Waals surface area contributed by atoms with Gasteiger partial charge in [0.2, 0.25) is 5.91 Å². The van der Waals surface area contributed by atoms with Crippen LogP contribution in [0.3, 0.4) is 0 Å². The lowest BCUT2D eigenvalue weighted by Crippen LogP contribution is -2.46. The highest BCUT2D eigenvalue weighted by Gasteiger charge is 2.21. The average molecular weight is 276 g/mol. The minimum Gasteiger partial charge on any atom is -0.481 e. The number of nitrogens with one attached hydrogen (secondary N) is 1. The molecule has 1 rings (SSSR count). The molecule has 108 valence electrons. The summed E-state index contributed by atoms with van der Waals surface area (Å²) in [5.41, 5.74) is 0.829. The Balaban J connectivity index is 2.83. The number of carboxylic acids is 1. The smallest absolute Gasteiger partial charge is 0.305 e. The van der Waals surface area contributed by atoms with Gasteiger partial charge in [-0.05, 0) is 19.1 Å². The number of benzene rings is 1. The molecule has 0 aliphatic carbocycles. The summed E-state index contributed by atoms with van der Waals surface area (Å²) in [7, 11) is 0. The lowest BCUT2D eigenvalue weighted by Gasteiger charge is -2.30. The van der Waals surface area contributed by atoms with Crippen LogP contribution in [0.4, 0.5) is 5.69 Å². The first-order valence-electron chi connectivity index (χ1n) is 6.48. The number of para-hydroxylation sites is 1. The van der Waals surface area contributed by atoms with Crippen molar-refractivity contribution in [3.05, 3.63) is 43.0 Å². The summed E-state index contributed by atoms with van der Waals surface area (Å²) in [5.74, 6) is -1.04. The van der Waals surface area contributed by atoms with Gasteiger partial charge in [0, 0.05) is 18.8 Å². The van der Waals surface area contributed by atoms with Gasteiger partial charge < -0.3 is 15.3 Å². The zero-order valence-corrected chi connectivity index (χ0v) is 11.6. The molecule has 1 aromatic rings. The van der Waals surface area contributed by atoms with Crippen molar-refractivity contribution < 1.29 is 14.7 Å². The lowest BCUT2D eigenvalue weighted by atomic mass is 10.2. The summed E-state index contributed by atoms with van der Waals surface area (Å²) in [6, 6.07) is 8.87. The molecule has 0 aromatic heterocycles. The van der Waals surface area contributed by atoms with Gasteiger partial charge in [0.15, 0.2) is 0 Å². The van der Waals surface area contributed by atoms with Crippen LogP contribution in [-0.4, -0.2) is 36.1 Å². The number of amides is 1. The lowest BCUT2D eigenvalue weighted by molar-refractivity contribution is -0.137. The van der Waals surface area contributed by atoms with Crippen molar-refractivity contribution in [2.24, 2.45) is 0 Å². The van der Waals surface area contributed by atoms with E-state index in [0.29, 0.717) is 6.54 Å². The summed E-state index contributed by atoms with van der Waals surface area (Å²) < 4.78 is 0. The van der Waals surface area contributed by atoms with Gasteiger partial charge in [-0.1, -0.05) is 24.3 Å². The molecular weight excluding hydrogens is 256 g/mol. The van der Waals surface area contributed by atoms with Gasteiger partial charge in [-0.3, -0.25) is 9.59 Å². The fourth-order valence-electron chi connectivity index (χ4n) is 1.84. The van der Waals surface area contributed by atoms with Crippen molar-refractivity contribution in [3.8, 4) is 0 Å². The van der Waals surface area contributed by atoms with Gasteiger partial charge in [-0.15, -0.1) is 6.58 Å². The Bertz CT molecular complexity index is 459. The van der Waals surface area contributed by atoms with E-state index in [1.165, 1.54) is 0 Å². The van der Waals surface area contributed by atoms with Gasteiger partial charge in [-0.25, -0.2) is 0 Å². The van der Waals surface area contributed by atoms with E-state index in [4.69, 9.17) is 5.11 Å². The molecule has 0 saturated carbocycles. The summed E-state index contributed by atoms with van der Waals surface area (Å²) in [5, 5.41) is 11.6. The molecule has 2 N–H and O–H groups in total. The molecule has 0 bridgehead atoms. The fourth-order valence-corrected chi connectivity index (χ4v) is 1.84. The van der Waals surface area contributed by atoms with E-state index in [-0.39, 0.29) is 18.9 Å². The van der Waals surface area contributed by atoms with Gasteiger partial charge in [0.1, 0.15) is 6.04 Å². The maximum absolute atomic E-state index is 12.0. The van der Waals surface area contributed by atoms with Gasteiger partial charge in [0.25, 0.3) is 0 Å². The predicted octanol–water partition coefficient (Wildman–Crippen LogP) is 1.66. The number of carbonyl (C=O) groups is 2. The number of hydrogen-bond donors (Lipinski definition) is 2. The van der Waals surface area contributed by atoms with Crippen LogP contribution in [0.15, 0.2) is 43.0 Å². The summed E-state index contributed by atoms with van der Waals surface area (Å²) in [4.78, 5) is 24.6. The van der Waals surface area contributed by atoms with Crippen molar-refractivity contribution in [1.29, 1.82) is 0 Å². The Hall–Kier alpha value is -2.30. The van der Waals surface area contributed by atoms with E-state index in [1.54, 1.807) is 17.9 Å². The molecule has 0 aliphatic heterocycles. The van der Waals surface area contributed by atoms with E-state index in [9.17, 15) is 9.59 Å². The number of rotatable bonds is 8. The van der Waals surface area contributed by atoms with E-state index in [2.05, 4.69) is 11.9 Å². The maximum atomic E-state index is 12.0. The molecule has 20 heavy (non-hydrogen) atoms. The second-order valence-corrected chi connectivity index (χ2v) is 4.38. The first-order chi connectivity index (χ1) is 9.56. The minimum absolute atomic E-state index is 0.0199. The molecule has 1 aromatic carbocycles. The van der Waals surface area contributed by atoms with Crippen molar-refractivity contribution in [3.63, 3.8) is 0 Å². The SMILES string of the molecule is C=CCNC(=O)C(C)N(CCC(=O)O)c1ccccc1. The Morgan fingerprint density at radius 2 is 2.05 bits per heavy atom. The molecule has 0 heterocycles. The highest BCUT2D eigenvalue weighted by molar-refractivity contribution is 5.85. The van der Waals surface area contributed by atoms with Crippen LogP contribution >= 0.6 is 0 Å². The topological polar surface area (TPSA) is 69.6 Å². The molecule has 1 atom stereocenters. The number of anilines is 1. The zero-order chi connectivity index (χ0) is 15.0. The number of nitrogens with zero attached hydrogens (tertiary/aromatic N) is 1. The van der Waals surface area contributed by atoms with Crippen molar-refractivity contribution in [2.75, 3.05) is 18.0 Å². The van der Waals surface area contributed by atoms with Gasteiger partial charge in [0.05, 0.1) is 6.42 Å². The standard InChI is InChI=1S/C15H20N2O3/c1-3-10-16-15(20)12(2)17(11-9-14(18)19)13-7-5-4-6-8-13/h3-8,12H,1,9-11H2,2H3,(H,16,20)(H,18,19). The van der Waals surface area contributed by atoms with Crippen LogP contribution in [0.1, 0.15) is 13.3 Å². The van der Waals surface area contributed by atoms with Gasteiger partial charge in [-0.2, -0.15) is 0 Å². The van der Waals surface area contributed by atoms with E-state index >= 15 is 0 Å². The molecule has 0 radical (unpaired) electrons. The Labute approximate surface area is 118 Å².